The predicted octanol–water partition coefficient (Wildman–Crippen LogP) is 0.755. The van der Waals surface area contributed by atoms with Crippen LogP contribution in [-0.2, 0) is 4.79 Å². The monoisotopic (exact) mass is 195 g/mol. The van der Waals surface area contributed by atoms with Crippen LogP contribution in [0.4, 0.5) is 5.69 Å². The van der Waals surface area contributed by atoms with Gasteiger partial charge in [-0.3, -0.25) is 4.79 Å². The molecule has 0 radical (unpaired) electrons. The Hall–Kier alpha value is -1.36. The van der Waals surface area contributed by atoms with Crippen molar-refractivity contribution in [2.45, 2.75) is 25.3 Å². The number of hydrogen-bond donors (Lipinski definition) is 2. The molecule has 0 atom stereocenters. The van der Waals surface area contributed by atoms with E-state index >= 15 is 0 Å². The molecule has 1 aromatic heterocycles. The first-order chi connectivity index (χ1) is 6.84. The van der Waals surface area contributed by atoms with Crippen molar-refractivity contribution in [3.63, 3.8) is 0 Å². The number of rotatable bonds is 5. The minimum atomic E-state index is -0.0126. The summed E-state index contributed by atoms with van der Waals surface area (Å²) in [6, 6.07) is 0.651. The lowest BCUT2D eigenvalue weighted by atomic mass is 10.4. The van der Waals surface area contributed by atoms with Crippen molar-refractivity contribution in [3.05, 3.63) is 12.5 Å². The Morgan fingerprint density at radius 1 is 1.64 bits per heavy atom. The zero-order valence-corrected chi connectivity index (χ0v) is 7.82. The fourth-order valence-corrected chi connectivity index (χ4v) is 1.17. The number of carbonyl (C=O) groups excluding carboxylic acids is 1. The maximum Gasteiger partial charge on any atom is 0.225 e. The van der Waals surface area contributed by atoms with Crippen LogP contribution in [0.2, 0.25) is 0 Å². The molecule has 1 saturated carbocycles. The van der Waals surface area contributed by atoms with E-state index in [1.165, 1.54) is 25.3 Å². The molecule has 1 amide bonds. The van der Waals surface area contributed by atoms with Gasteiger partial charge in [-0.15, -0.1) is 0 Å². The first-order valence-corrected chi connectivity index (χ1v) is 4.77. The Kier molecular flexibility index (Phi) is 2.78. The average molecular weight is 195 g/mol. The smallest absolute Gasteiger partial charge is 0.225 e. The first kappa shape index (κ1) is 9.21. The van der Waals surface area contributed by atoms with Gasteiger partial charge in [0.1, 0.15) is 12.0 Å². The molecule has 1 fully saturated rings. The molecule has 1 aliphatic carbocycles. The van der Waals surface area contributed by atoms with Crippen molar-refractivity contribution in [3.8, 4) is 0 Å². The van der Waals surface area contributed by atoms with E-state index in [0.717, 1.165) is 6.54 Å². The largest absolute Gasteiger partial charge is 0.363 e. The molecule has 5 nitrogen and oxygen atoms in total. The van der Waals surface area contributed by atoms with Gasteiger partial charge in [0.25, 0.3) is 0 Å². The van der Waals surface area contributed by atoms with Gasteiger partial charge in [-0.05, 0) is 12.8 Å². The van der Waals surface area contributed by atoms with Crippen LogP contribution in [0.3, 0.4) is 0 Å². The van der Waals surface area contributed by atoms with Gasteiger partial charge < -0.3 is 15.2 Å². The Bertz CT molecular complexity index is 293. The molecule has 0 saturated heterocycles. The summed E-state index contributed by atoms with van der Waals surface area (Å²) in [5, 5.41) is 9.44. The minimum absolute atomic E-state index is 0.0126. The van der Waals surface area contributed by atoms with Crippen molar-refractivity contribution in [1.29, 1.82) is 0 Å². The summed E-state index contributed by atoms with van der Waals surface area (Å²) in [7, 11) is 0. The van der Waals surface area contributed by atoms with Crippen LogP contribution in [0.15, 0.2) is 17.0 Å². The second kappa shape index (κ2) is 4.23. The third-order valence-corrected chi connectivity index (χ3v) is 2.08. The Morgan fingerprint density at radius 2 is 2.50 bits per heavy atom. The van der Waals surface area contributed by atoms with E-state index in [-0.39, 0.29) is 5.91 Å². The summed E-state index contributed by atoms with van der Waals surface area (Å²) in [6.45, 7) is 0.738. The van der Waals surface area contributed by atoms with Crippen LogP contribution in [0, 0.1) is 0 Å². The average Bonchev–Trinajstić information content (AvgIpc) is 2.83. The van der Waals surface area contributed by atoms with E-state index in [1.807, 2.05) is 0 Å². The molecule has 2 N–H and O–H groups in total. The van der Waals surface area contributed by atoms with Crippen molar-refractivity contribution < 1.29 is 9.32 Å². The molecule has 0 unspecified atom stereocenters. The fourth-order valence-electron chi connectivity index (χ4n) is 1.17. The quantitative estimate of drug-likeness (QED) is 0.727. The number of nitrogens with one attached hydrogen (secondary N) is 2. The van der Waals surface area contributed by atoms with Gasteiger partial charge in [0.2, 0.25) is 5.91 Å². The van der Waals surface area contributed by atoms with Crippen LogP contribution >= 0.6 is 0 Å². The molecule has 1 aromatic rings. The summed E-state index contributed by atoms with van der Waals surface area (Å²) in [6.07, 6.45) is 5.86. The number of carbonyl (C=O) groups is 1. The van der Waals surface area contributed by atoms with Gasteiger partial charge in [-0.1, -0.05) is 5.16 Å². The van der Waals surface area contributed by atoms with E-state index in [0.29, 0.717) is 18.2 Å². The zero-order valence-electron chi connectivity index (χ0n) is 7.82. The molecule has 14 heavy (non-hydrogen) atoms. The normalized spacial score (nSPS) is 15.4. The summed E-state index contributed by atoms with van der Waals surface area (Å²) in [5.41, 5.74) is 0.612. The van der Waals surface area contributed by atoms with Crippen LogP contribution in [0.1, 0.15) is 19.3 Å². The van der Waals surface area contributed by atoms with E-state index in [2.05, 4.69) is 20.3 Å². The van der Waals surface area contributed by atoms with Gasteiger partial charge in [0, 0.05) is 19.0 Å². The topological polar surface area (TPSA) is 67.2 Å². The Morgan fingerprint density at radius 3 is 3.14 bits per heavy atom. The van der Waals surface area contributed by atoms with Crippen LogP contribution in [0.25, 0.3) is 0 Å². The van der Waals surface area contributed by atoms with Crippen molar-refractivity contribution in [2.24, 2.45) is 0 Å². The number of aromatic nitrogens is 1. The SMILES string of the molecule is O=C(CCNC1CC1)Nc1cnoc1. The molecule has 76 valence electrons. The zero-order chi connectivity index (χ0) is 9.80. The predicted molar refractivity (Wildman–Crippen MR) is 50.8 cm³/mol. The molecular weight excluding hydrogens is 182 g/mol. The summed E-state index contributed by atoms with van der Waals surface area (Å²) in [4.78, 5) is 11.3. The Labute approximate surface area is 81.8 Å². The molecule has 1 aliphatic rings. The maximum atomic E-state index is 11.3. The maximum absolute atomic E-state index is 11.3. The van der Waals surface area contributed by atoms with Gasteiger partial charge in [-0.2, -0.15) is 0 Å². The molecule has 1 heterocycles. The summed E-state index contributed by atoms with van der Waals surface area (Å²) < 4.78 is 4.59. The molecule has 0 aliphatic heterocycles. The molecule has 0 bridgehead atoms. The second-order valence-corrected chi connectivity index (χ2v) is 3.44. The third-order valence-electron chi connectivity index (χ3n) is 2.08. The fraction of sp³-hybridized carbons (Fsp3) is 0.556. The van der Waals surface area contributed by atoms with Crippen LogP contribution < -0.4 is 10.6 Å². The number of anilines is 1. The lowest BCUT2D eigenvalue weighted by molar-refractivity contribution is -0.116. The van der Waals surface area contributed by atoms with E-state index in [9.17, 15) is 4.79 Å². The number of amides is 1. The molecule has 2 rings (SSSR count). The van der Waals surface area contributed by atoms with Crippen molar-refractivity contribution in [2.75, 3.05) is 11.9 Å². The third kappa shape index (κ3) is 2.85. The molecule has 0 spiro atoms. The number of hydrogen-bond acceptors (Lipinski definition) is 4. The van der Waals surface area contributed by atoms with E-state index in [4.69, 9.17) is 0 Å². The highest BCUT2D eigenvalue weighted by Crippen LogP contribution is 2.18. The molecular formula is C9H13N3O2. The van der Waals surface area contributed by atoms with E-state index < -0.39 is 0 Å². The molecule has 0 aromatic carbocycles. The van der Waals surface area contributed by atoms with Crippen molar-refractivity contribution >= 4 is 11.6 Å². The van der Waals surface area contributed by atoms with Gasteiger partial charge >= 0.3 is 0 Å². The first-order valence-electron chi connectivity index (χ1n) is 4.77. The highest BCUT2D eigenvalue weighted by molar-refractivity contribution is 5.90. The Balaban J connectivity index is 1.62. The minimum Gasteiger partial charge on any atom is -0.363 e. The summed E-state index contributed by atoms with van der Waals surface area (Å²) >= 11 is 0. The van der Waals surface area contributed by atoms with Crippen molar-refractivity contribution in [1.82, 2.24) is 10.5 Å². The van der Waals surface area contributed by atoms with E-state index in [1.54, 1.807) is 0 Å². The van der Waals surface area contributed by atoms with Crippen LogP contribution in [-0.4, -0.2) is 23.7 Å². The van der Waals surface area contributed by atoms with Gasteiger partial charge in [-0.25, -0.2) is 0 Å². The second-order valence-electron chi connectivity index (χ2n) is 3.44. The standard InChI is InChI=1S/C9H13N3O2/c13-9(3-4-10-7-1-2-7)12-8-5-11-14-6-8/h5-7,10H,1-4H2,(H,12,13). The van der Waals surface area contributed by atoms with Crippen LogP contribution in [0.5, 0.6) is 0 Å². The summed E-state index contributed by atoms with van der Waals surface area (Å²) in [5.74, 6) is -0.0126. The number of nitrogens with zero attached hydrogens (tertiary/aromatic N) is 1. The van der Waals surface area contributed by atoms with Gasteiger partial charge in [0.05, 0.1) is 6.20 Å². The lowest BCUT2D eigenvalue weighted by Crippen LogP contribution is -2.23. The molecule has 5 heteroatoms. The highest BCUT2D eigenvalue weighted by atomic mass is 16.5. The van der Waals surface area contributed by atoms with Gasteiger partial charge in [0.15, 0.2) is 0 Å². The highest BCUT2D eigenvalue weighted by Gasteiger charge is 2.20. The lowest BCUT2D eigenvalue weighted by Gasteiger charge is -2.02.